The number of nitrogens with zero attached hydrogens (tertiary/aromatic N) is 3. The molecule has 0 saturated carbocycles. The van der Waals surface area contributed by atoms with E-state index in [1.54, 1.807) is 4.90 Å². The van der Waals surface area contributed by atoms with E-state index in [0.29, 0.717) is 32.1 Å². The number of piperidine rings is 1. The average Bonchev–Trinajstić information content (AvgIpc) is 3.09. The summed E-state index contributed by atoms with van der Waals surface area (Å²) in [5, 5.41) is 9.29. The molecule has 0 bridgehead atoms. The van der Waals surface area contributed by atoms with Crippen LogP contribution in [0.15, 0.2) is 22.1 Å². The molecule has 2 saturated heterocycles. The van der Waals surface area contributed by atoms with Gasteiger partial charge in [0.15, 0.2) is 5.88 Å². The highest BCUT2D eigenvalue weighted by atomic mass is 16.5. The molecule has 0 radical (unpaired) electrons. The van der Waals surface area contributed by atoms with Crippen molar-refractivity contribution < 1.29 is 13.9 Å². The molecule has 3 heterocycles. The van der Waals surface area contributed by atoms with Crippen LogP contribution in [-0.2, 0) is 9.53 Å². The molecular formula is C17H21N3O3. The first-order valence-electron chi connectivity index (χ1n) is 8.11. The van der Waals surface area contributed by atoms with Gasteiger partial charge in [-0.3, -0.25) is 4.79 Å². The Hall–Kier alpha value is -2.26. The zero-order valence-electron chi connectivity index (χ0n) is 13.2. The van der Waals surface area contributed by atoms with Crippen molar-refractivity contribution in [1.29, 1.82) is 5.26 Å². The topological polar surface area (TPSA) is 69.7 Å². The monoisotopic (exact) mass is 315 g/mol. The SMILES string of the molecule is N#C/C(=C/c1ccc(N2CCCCC2)o1)C(=O)N1CCOCC1. The maximum absolute atomic E-state index is 12.4. The zero-order valence-corrected chi connectivity index (χ0v) is 13.2. The summed E-state index contributed by atoms with van der Waals surface area (Å²) in [6.45, 7) is 4.07. The molecule has 0 atom stereocenters. The van der Waals surface area contributed by atoms with Crippen molar-refractivity contribution in [2.45, 2.75) is 19.3 Å². The van der Waals surface area contributed by atoms with E-state index >= 15 is 0 Å². The number of carbonyl (C=O) groups excluding carboxylic acids is 1. The molecule has 2 aliphatic rings. The average molecular weight is 315 g/mol. The summed E-state index contributed by atoms with van der Waals surface area (Å²) in [5.41, 5.74) is 0.103. The molecule has 6 heteroatoms. The van der Waals surface area contributed by atoms with Crippen molar-refractivity contribution >= 4 is 17.9 Å². The van der Waals surface area contributed by atoms with Gasteiger partial charge >= 0.3 is 0 Å². The Kier molecular flexibility index (Phi) is 4.99. The highest BCUT2D eigenvalue weighted by Crippen LogP contribution is 2.24. The first kappa shape index (κ1) is 15.6. The Morgan fingerprint density at radius 2 is 1.87 bits per heavy atom. The lowest BCUT2D eigenvalue weighted by molar-refractivity contribution is -0.130. The van der Waals surface area contributed by atoms with Gasteiger partial charge in [0.2, 0.25) is 0 Å². The number of hydrogen-bond donors (Lipinski definition) is 0. The van der Waals surface area contributed by atoms with Gasteiger partial charge in [-0.2, -0.15) is 5.26 Å². The fourth-order valence-corrected chi connectivity index (χ4v) is 2.92. The second kappa shape index (κ2) is 7.34. The summed E-state index contributed by atoms with van der Waals surface area (Å²) in [4.78, 5) is 16.2. The predicted molar refractivity (Wildman–Crippen MR) is 85.8 cm³/mol. The van der Waals surface area contributed by atoms with Crippen molar-refractivity contribution in [2.24, 2.45) is 0 Å². The Morgan fingerprint density at radius 1 is 1.13 bits per heavy atom. The molecule has 122 valence electrons. The van der Waals surface area contributed by atoms with Crippen LogP contribution in [0.4, 0.5) is 5.88 Å². The van der Waals surface area contributed by atoms with E-state index in [1.165, 1.54) is 25.3 Å². The van der Waals surface area contributed by atoms with Crippen LogP contribution in [0.25, 0.3) is 6.08 Å². The first-order chi connectivity index (χ1) is 11.3. The molecule has 0 aromatic carbocycles. The number of hydrogen-bond acceptors (Lipinski definition) is 5. The number of amides is 1. The molecule has 6 nitrogen and oxygen atoms in total. The summed E-state index contributed by atoms with van der Waals surface area (Å²) < 4.78 is 11.0. The normalized spacial score (nSPS) is 19.5. The van der Waals surface area contributed by atoms with Gasteiger partial charge in [0, 0.05) is 38.3 Å². The second-order valence-corrected chi connectivity index (χ2v) is 5.80. The predicted octanol–water partition coefficient (Wildman–Crippen LogP) is 2.04. The van der Waals surface area contributed by atoms with Crippen LogP contribution in [0.3, 0.4) is 0 Å². The lowest BCUT2D eigenvalue weighted by atomic mass is 10.1. The van der Waals surface area contributed by atoms with Crippen LogP contribution in [0.1, 0.15) is 25.0 Å². The lowest BCUT2D eigenvalue weighted by Crippen LogP contribution is -2.41. The fraction of sp³-hybridized carbons (Fsp3) is 0.529. The first-order valence-corrected chi connectivity index (χ1v) is 8.11. The Labute approximate surface area is 135 Å². The van der Waals surface area contributed by atoms with E-state index in [2.05, 4.69) is 4.90 Å². The number of nitriles is 1. The van der Waals surface area contributed by atoms with E-state index in [-0.39, 0.29) is 11.5 Å². The molecule has 0 spiro atoms. The molecule has 1 aromatic rings. The van der Waals surface area contributed by atoms with Crippen LogP contribution in [0.5, 0.6) is 0 Å². The third-order valence-corrected chi connectivity index (χ3v) is 4.22. The lowest BCUT2D eigenvalue weighted by Gasteiger charge is -2.26. The van der Waals surface area contributed by atoms with Gasteiger partial charge < -0.3 is 19.0 Å². The van der Waals surface area contributed by atoms with Crippen molar-refractivity contribution in [3.63, 3.8) is 0 Å². The number of rotatable bonds is 3. The summed E-state index contributed by atoms with van der Waals surface area (Å²) >= 11 is 0. The molecule has 3 rings (SSSR count). The number of morpholine rings is 1. The summed E-state index contributed by atoms with van der Waals surface area (Å²) in [6.07, 6.45) is 5.14. The van der Waals surface area contributed by atoms with E-state index in [1.807, 2.05) is 18.2 Å². The van der Waals surface area contributed by atoms with Gasteiger partial charge in [0.05, 0.1) is 13.2 Å². The quantitative estimate of drug-likeness (QED) is 0.630. The van der Waals surface area contributed by atoms with Crippen LogP contribution in [0, 0.1) is 11.3 Å². The molecule has 1 amide bonds. The Balaban J connectivity index is 1.72. The highest BCUT2D eigenvalue weighted by Gasteiger charge is 2.21. The van der Waals surface area contributed by atoms with Gasteiger partial charge in [0.1, 0.15) is 17.4 Å². The maximum atomic E-state index is 12.4. The van der Waals surface area contributed by atoms with Gasteiger partial charge in [-0.25, -0.2) is 0 Å². The molecule has 2 fully saturated rings. The summed E-state index contributed by atoms with van der Waals surface area (Å²) in [6, 6.07) is 5.71. The van der Waals surface area contributed by atoms with E-state index in [4.69, 9.17) is 9.15 Å². The largest absolute Gasteiger partial charge is 0.441 e. The van der Waals surface area contributed by atoms with Crippen molar-refractivity contribution in [3.05, 3.63) is 23.5 Å². The number of anilines is 1. The van der Waals surface area contributed by atoms with Gasteiger partial charge in [-0.15, -0.1) is 0 Å². The summed E-state index contributed by atoms with van der Waals surface area (Å²) in [7, 11) is 0. The standard InChI is InChI=1S/C17H21N3O3/c18-13-14(17(21)20-8-10-22-11-9-20)12-15-4-5-16(23-15)19-6-2-1-3-7-19/h4-5,12H,1-3,6-11H2/b14-12-. The smallest absolute Gasteiger partial charge is 0.264 e. The minimum absolute atomic E-state index is 0.103. The minimum Gasteiger partial charge on any atom is -0.441 e. The maximum Gasteiger partial charge on any atom is 0.264 e. The van der Waals surface area contributed by atoms with E-state index in [0.717, 1.165) is 19.0 Å². The molecular weight excluding hydrogens is 294 g/mol. The van der Waals surface area contributed by atoms with Crippen molar-refractivity contribution in [2.75, 3.05) is 44.3 Å². The van der Waals surface area contributed by atoms with Crippen LogP contribution >= 0.6 is 0 Å². The highest BCUT2D eigenvalue weighted by molar-refractivity contribution is 6.01. The van der Waals surface area contributed by atoms with Crippen molar-refractivity contribution in [3.8, 4) is 6.07 Å². The molecule has 1 aromatic heterocycles. The third-order valence-electron chi connectivity index (χ3n) is 4.22. The molecule has 0 N–H and O–H groups in total. The van der Waals surface area contributed by atoms with Gasteiger partial charge in [-0.1, -0.05) is 0 Å². The van der Waals surface area contributed by atoms with Crippen LogP contribution in [-0.4, -0.2) is 50.2 Å². The second-order valence-electron chi connectivity index (χ2n) is 5.80. The minimum atomic E-state index is -0.258. The number of ether oxygens (including phenoxy) is 1. The molecule has 0 aliphatic carbocycles. The van der Waals surface area contributed by atoms with Gasteiger partial charge in [-0.05, 0) is 25.3 Å². The van der Waals surface area contributed by atoms with Crippen molar-refractivity contribution in [1.82, 2.24) is 4.90 Å². The van der Waals surface area contributed by atoms with Gasteiger partial charge in [0.25, 0.3) is 5.91 Å². The van der Waals surface area contributed by atoms with E-state index < -0.39 is 0 Å². The Morgan fingerprint density at radius 3 is 2.57 bits per heavy atom. The Bertz CT molecular complexity index is 617. The molecule has 2 aliphatic heterocycles. The molecule has 23 heavy (non-hydrogen) atoms. The molecule has 0 unspecified atom stereocenters. The number of carbonyl (C=O) groups is 1. The summed E-state index contributed by atoms with van der Waals surface area (Å²) in [5.74, 6) is 1.10. The fourth-order valence-electron chi connectivity index (χ4n) is 2.92. The zero-order chi connectivity index (χ0) is 16.1. The number of furan rings is 1. The van der Waals surface area contributed by atoms with Crippen LogP contribution < -0.4 is 4.90 Å². The third kappa shape index (κ3) is 3.74. The van der Waals surface area contributed by atoms with Crippen LogP contribution in [0.2, 0.25) is 0 Å². The van der Waals surface area contributed by atoms with E-state index in [9.17, 15) is 10.1 Å².